The highest BCUT2D eigenvalue weighted by molar-refractivity contribution is 7.91. The number of nitrogens with one attached hydrogen (secondary N) is 2. The number of carbonyl (C=O) groups is 1. The highest BCUT2D eigenvalue weighted by atomic mass is 32.2. The number of benzene rings is 1. The predicted molar refractivity (Wildman–Crippen MR) is 105 cm³/mol. The summed E-state index contributed by atoms with van der Waals surface area (Å²) in [6.45, 7) is 2.98. The van der Waals surface area contributed by atoms with E-state index in [1.54, 1.807) is 7.11 Å². The van der Waals surface area contributed by atoms with Gasteiger partial charge in [0, 0.05) is 13.1 Å². The van der Waals surface area contributed by atoms with Crippen molar-refractivity contribution in [3.05, 3.63) is 29.8 Å². The van der Waals surface area contributed by atoms with E-state index in [4.69, 9.17) is 4.74 Å². The van der Waals surface area contributed by atoms with E-state index in [1.165, 1.54) is 12.8 Å². The molecule has 0 radical (unpaired) electrons. The fraction of sp³-hybridized carbons (Fsp3) is 0.632. The number of ether oxygens (including phenoxy) is 1. The smallest absolute Gasteiger partial charge is 0.314 e. The van der Waals surface area contributed by atoms with Crippen molar-refractivity contribution in [1.82, 2.24) is 15.5 Å². The summed E-state index contributed by atoms with van der Waals surface area (Å²) in [5.74, 6) is 1.25. The van der Waals surface area contributed by atoms with Gasteiger partial charge in [-0.25, -0.2) is 13.2 Å². The first-order valence-electron chi connectivity index (χ1n) is 9.57. The molecule has 2 saturated heterocycles. The molecule has 27 heavy (non-hydrogen) atoms. The number of urea groups is 1. The molecule has 1 aromatic carbocycles. The van der Waals surface area contributed by atoms with Gasteiger partial charge in [-0.15, -0.1) is 0 Å². The van der Waals surface area contributed by atoms with Gasteiger partial charge in [-0.1, -0.05) is 12.1 Å². The summed E-state index contributed by atoms with van der Waals surface area (Å²) in [5, 5.41) is 5.78. The van der Waals surface area contributed by atoms with E-state index >= 15 is 0 Å². The lowest BCUT2D eigenvalue weighted by molar-refractivity contribution is 0.220. The average molecular weight is 396 g/mol. The molecule has 2 fully saturated rings. The first-order valence-corrected chi connectivity index (χ1v) is 11.4. The largest absolute Gasteiger partial charge is 0.497 e. The van der Waals surface area contributed by atoms with Crippen LogP contribution in [-0.4, -0.2) is 64.1 Å². The minimum absolute atomic E-state index is 0.0247. The quantitative estimate of drug-likeness (QED) is 0.732. The summed E-state index contributed by atoms with van der Waals surface area (Å²) in [4.78, 5) is 14.6. The Balaban J connectivity index is 1.53. The molecule has 8 heteroatoms. The number of hydrogen-bond donors (Lipinski definition) is 2. The second-order valence-corrected chi connectivity index (χ2v) is 9.62. The van der Waals surface area contributed by atoms with Crippen LogP contribution in [0.4, 0.5) is 4.79 Å². The van der Waals surface area contributed by atoms with Crippen molar-refractivity contribution in [3.63, 3.8) is 0 Å². The minimum atomic E-state index is -2.91. The van der Waals surface area contributed by atoms with Crippen molar-refractivity contribution in [3.8, 4) is 5.75 Å². The first-order chi connectivity index (χ1) is 13.0. The average Bonchev–Trinajstić information content (AvgIpc) is 3.30. The highest BCUT2D eigenvalue weighted by Gasteiger charge is 2.28. The Morgan fingerprint density at radius 2 is 1.93 bits per heavy atom. The molecule has 1 aromatic rings. The van der Waals surface area contributed by atoms with E-state index in [0.29, 0.717) is 19.5 Å². The summed E-state index contributed by atoms with van der Waals surface area (Å²) in [6.07, 6.45) is 2.98. The van der Waals surface area contributed by atoms with Gasteiger partial charge in [-0.3, -0.25) is 4.90 Å². The zero-order valence-corrected chi connectivity index (χ0v) is 16.6. The molecule has 0 aromatic heterocycles. The maximum atomic E-state index is 12.2. The normalized spacial score (nSPS) is 23.1. The van der Waals surface area contributed by atoms with Crippen molar-refractivity contribution >= 4 is 15.9 Å². The summed E-state index contributed by atoms with van der Waals surface area (Å²) < 4.78 is 28.2. The Morgan fingerprint density at radius 3 is 2.52 bits per heavy atom. The van der Waals surface area contributed by atoms with Crippen molar-refractivity contribution < 1.29 is 17.9 Å². The second kappa shape index (κ2) is 8.93. The van der Waals surface area contributed by atoms with Gasteiger partial charge in [0.2, 0.25) is 0 Å². The molecule has 2 aliphatic rings. The number of sulfone groups is 1. The Morgan fingerprint density at radius 1 is 1.22 bits per heavy atom. The maximum absolute atomic E-state index is 12.2. The second-order valence-electron chi connectivity index (χ2n) is 7.39. The van der Waals surface area contributed by atoms with E-state index in [-0.39, 0.29) is 29.5 Å². The van der Waals surface area contributed by atoms with Crippen LogP contribution in [0.5, 0.6) is 5.75 Å². The van der Waals surface area contributed by atoms with E-state index in [0.717, 1.165) is 24.4 Å². The fourth-order valence-electron chi connectivity index (χ4n) is 3.86. The van der Waals surface area contributed by atoms with Crippen molar-refractivity contribution in [1.29, 1.82) is 0 Å². The summed E-state index contributed by atoms with van der Waals surface area (Å²) in [6, 6.07) is 7.86. The van der Waals surface area contributed by atoms with Crippen LogP contribution in [0.2, 0.25) is 0 Å². The highest BCUT2D eigenvalue weighted by Crippen LogP contribution is 2.26. The van der Waals surface area contributed by atoms with Crippen LogP contribution in [0.25, 0.3) is 0 Å². The topological polar surface area (TPSA) is 87.7 Å². The van der Waals surface area contributed by atoms with E-state index < -0.39 is 9.84 Å². The predicted octanol–water partition coefficient (Wildman–Crippen LogP) is 1.57. The molecular formula is C19H29N3O4S. The first kappa shape index (κ1) is 19.9. The van der Waals surface area contributed by atoms with Crippen molar-refractivity contribution in [2.75, 3.05) is 44.8 Å². The molecule has 0 saturated carbocycles. The van der Waals surface area contributed by atoms with Gasteiger partial charge in [0.25, 0.3) is 0 Å². The number of hydrogen-bond acceptors (Lipinski definition) is 5. The Hall–Kier alpha value is -1.80. The summed E-state index contributed by atoms with van der Waals surface area (Å²) in [7, 11) is -1.26. The molecule has 0 aliphatic carbocycles. The minimum Gasteiger partial charge on any atom is -0.497 e. The molecular weight excluding hydrogens is 366 g/mol. The van der Waals surface area contributed by atoms with Crippen LogP contribution in [0.3, 0.4) is 0 Å². The van der Waals surface area contributed by atoms with Crippen LogP contribution < -0.4 is 15.4 Å². The number of rotatable bonds is 7. The zero-order chi connectivity index (χ0) is 19.3. The third kappa shape index (κ3) is 5.59. The molecule has 3 rings (SSSR count). The Kier molecular flexibility index (Phi) is 6.59. The third-order valence-corrected chi connectivity index (χ3v) is 7.25. The van der Waals surface area contributed by atoms with Gasteiger partial charge in [-0.05, 0) is 56.0 Å². The molecule has 0 unspecified atom stereocenters. The van der Waals surface area contributed by atoms with Gasteiger partial charge in [0.15, 0.2) is 9.84 Å². The maximum Gasteiger partial charge on any atom is 0.314 e. The number of carbonyl (C=O) groups excluding carboxylic acids is 1. The summed E-state index contributed by atoms with van der Waals surface area (Å²) >= 11 is 0. The lowest BCUT2D eigenvalue weighted by atomic mass is 10.1. The molecule has 0 spiro atoms. The van der Waals surface area contributed by atoms with Crippen molar-refractivity contribution in [2.45, 2.75) is 25.3 Å². The Bertz CT molecular complexity index is 730. The molecule has 7 nitrogen and oxygen atoms in total. The van der Waals surface area contributed by atoms with Gasteiger partial charge in [0.05, 0.1) is 24.7 Å². The van der Waals surface area contributed by atoms with Gasteiger partial charge in [-0.2, -0.15) is 0 Å². The van der Waals surface area contributed by atoms with E-state index in [1.807, 2.05) is 24.3 Å². The Labute approximate surface area is 161 Å². The SMILES string of the molecule is COc1ccc([C@@H](CNC(=O)NC[C@H]2CCS(=O)(=O)C2)N2CCCC2)cc1. The van der Waals surface area contributed by atoms with Crippen molar-refractivity contribution in [2.24, 2.45) is 5.92 Å². The van der Waals surface area contributed by atoms with Gasteiger partial charge in [0.1, 0.15) is 5.75 Å². The molecule has 2 heterocycles. The lowest BCUT2D eigenvalue weighted by Gasteiger charge is -2.28. The van der Waals surface area contributed by atoms with E-state index in [9.17, 15) is 13.2 Å². The number of likely N-dealkylation sites (tertiary alicyclic amines) is 1. The standard InChI is InChI=1S/C19H29N3O4S/c1-26-17-6-4-16(5-7-17)18(22-9-2-3-10-22)13-21-19(23)20-12-15-8-11-27(24,25)14-15/h4-7,15,18H,2-3,8-14H2,1H3,(H2,20,21,23)/t15-,18-/m1/s1. The molecule has 150 valence electrons. The monoisotopic (exact) mass is 395 g/mol. The molecule has 0 bridgehead atoms. The van der Waals surface area contributed by atoms with Gasteiger partial charge >= 0.3 is 6.03 Å². The molecule has 2 amide bonds. The van der Waals surface area contributed by atoms with Crippen LogP contribution >= 0.6 is 0 Å². The third-order valence-electron chi connectivity index (χ3n) is 5.42. The number of methoxy groups -OCH3 is 1. The molecule has 2 aliphatic heterocycles. The van der Waals surface area contributed by atoms with Crippen LogP contribution in [0, 0.1) is 5.92 Å². The lowest BCUT2D eigenvalue weighted by Crippen LogP contribution is -2.43. The molecule has 2 atom stereocenters. The fourth-order valence-corrected chi connectivity index (χ4v) is 5.72. The van der Waals surface area contributed by atoms with Crippen LogP contribution in [0.15, 0.2) is 24.3 Å². The zero-order valence-electron chi connectivity index (χ0n) is 15.8. The summed E-state index contributed by atoms with van der Waals surface area (Å²) in [5.41, 5.74) is 1.15. The number of nitrogens with zero attached hydrogens (tertiary/aromatic N) is 1. The van der Waals surface area contributed by atoms with Crippen LogP contribution in [0.1, 0.15) is 30.9 Å². The number of amides is 2. The van der Waals surface area contributed by atoms with Crippen LogP contribution in [-0.2, 0) is 9.84 Å². The molecule has 2 N–H and O–H groups in total. The van der Waals surface area contributed by atoms with E-state index in [2.05, 4.69) is 15.5 Å². The van der Waals surface area contributed by atoms with Gasteiger partial charge < -0.3 is 15.4 Å².